The number of aryl methyl sites for hydroxylation is 2. The molecule has 17 aromatic rings. The summed E-state index contributed by atoms with van der Waals surface area (Å²) in [6, 6.07) is 94.2. The van der Waals surface area contributed by atoms with Crippen LogP contribution in [0.2, 0.25) is 0 Å². The number of halogens is 5. The summed E-state index contributed by atoms with van der Waals surface area (Å²) in [7, 11) is 6.33. The van der Waals surface area contributed by atoms with E-state index in [1.807, 2.05) is 183 Å². The number of methoxy groups -OCH3 is 4. The second-order valence-electron chi connectivity index (χ2n) is 34.6. The van der Waals surface area contributed by atoms with E-state index >= 15 is 0 Å². The Morgan fingerprint density at radius 1 is 0.584 bits per heavy atom. The number of phenols is 3. The number of anilines is 4. The maximum atomic E-state index is 13.8. The first kappa shape index (κ1) is 106. The number of fused-ring (bicyclic) bond motifs is 2. The van der Waals surface area contributed by atoms with Crippen molar-refractivity contribution in [3.05, 3.63) is 383 Å². The molecule has 35 heteroatoms. The fourth-order valence-corrected chi connectivity index (χ4v) is 18.2. The number of para-hydroxylation sites is 3. The van der Waals surface area contributed by atoms with Gasteiger partial charge in [0.2, 0.25) is 5.91 Å². The molecule has 7 heterocycles. The van der Waals surface area contributed by atoms with Crippen molar-refractivity contribution in [3.8, 4) is 119 Å². The maximum absolute atomic E-state index is 13.8. The minimum atomic E-state index is -4.59. The molecule has 764 valence electrons. The Bertz CT molecular complexity index is 7390. The van der Waals surface area contributed by atoms with E-state index in [0.717, 1.165) is 126 Å². The number of phenolic OH excluding ortho intramolecular Hbond substituents is 3. The smallest absolute Gasteiger partial charge is 0.410 e. The zero-order chi connectivity index (χ0) is 105. The van der Waals surface area contributed by atoms with Gasteiger partial charge in [0.05, 0.1) is 90.7 Å². The normalized spacial score (nSPS) is 14.0. The zero-order valence-corrected chi connectivity index (χ0v) is 85.0. The van der Waals surface area contributed by atoms with Gasteiger partial charge in [0, 0.05) is 63.5 Å². The largest absolute Gasteiger partial charge is 0.507 e. The van der Waals surface area contributed by atoms with Gasteiger partial charge in [-0.15, -0.1) is 11.3 Å². The first-order chi connectivity index (χ1) is 72.0. The molecular formula is C114H106BrF4N13O15S2. The van der Waals surface area contributed by atoms with Crippen molar-refractivity contribution in [2.24, 2.45) is 5.73 Å². The molecule has 3 aliphatic rings. The van der Waals surface area contributed by atoms with Crippen molar-refractivity contribution < 1.29 is 89.6 Å². The van der Waals surface area contributed by atoms with Gasteiger partial charge in [-0.2, -0.15) is 28.5 Å². The predicted octanol–water partition coefficient (Wildman–Crippen LogP) is 25.1. The molecule has 28 nitrogen and oxygen atoms in total. The lowest BCUT2D eigenvalue weighted by Crippen LogP contribution is -2.53. The number of aromatic hydroxyl groups is 3. The summed E-state index contributed by atoms with van der Waals surface area (Å²) < 4.78 is 98.2. The van der Waals surface area contributed by atoms with Crippen LogP contribution < -0.4 is 70.8 Å². The molecule has 5 aromatic heterocycles. The van der Waals surface area contributed by atoms with E-state index in [9.17, 15) is 52.1 Å². The third kappa shape index (κ3) is 27.5. The van der Waals surface area contributed by atoms with Crippen molar-refractivity contribution in [2.45, 2.75) is 95.2 Å². The average Bonchev–Trinajstić information content (AvgIpc) is 1.60. The van der Waals surface area contributed by atoms with Gasteiger partial charge in [-0.1, -0.05) is 152 Å². The number of ether oxygens (including phenoxy) is 7. The molecule has 149 heavy (non-hydrogen) atoms. The van der Waals surface area contributed by atoms with Gasteiger partial charge >= 0.3 is 6.18 Å². The first-order valence-corrected chi connectivity index (χ1v) is 49.2. The number of nitrogens with one attached hydrogen (secondary N) is 8. The Morgan fingerprint density at radius 2 is 1.13 bits per heavy atom. The molecule has 4 amide bonds. The number of benzene rings is 12. The topological polar surface area (TPSA) is 380 Å². The number of carbonyl (C=O) groups is 4. The Hall–Kier alpha value is -17.2. The van der Waals surface area contributed by atoms with Crippen molar-refractivity contribution in [1.29, 1.82) is 0 Å². The van der Waals surface area contributed by atoms with Crippen LogP contribution in [-0.4, -0.2) is 128 Å². The zero-order valence-electron chi connectivity index (χ0n) is 81.7. The minimum Gasteiger partial charge on any atom is -0.507 e. The lowest BCUT2D eigenvalue weighted by Gasteiger charge is -2.34. The molecule has 4 atom stereocenters. The van der Waals surface area contributed by atoms with Crippen LogP contribution in [0.15, 0.2) is 337 Å². The van der Waals surface area contributed by atoms with Gasteiger partial charge in [-0.25, -0.2) is 9.07 Å². The number of nitrogens with two attached hydrogens (primary N) is 1. The van der Waals surface area contributed by atoms with E-state index in [-0.39, 0.29) is 75.1 Å². The molecule has 0 bridgehead atoms. The number of rotatable bonds is 24. The fraction of sp³-hybridized carbons (Fsp3) is 0.175. The molecule has 0 radical (unpaired) electrons. The van der Waals surface area contributed by atoms with Crippen molar-refractivity contribution in [3.63, 3.8) is 0 Å². The third-order valence-electron chi connectivity index (χ3n) is 24.4. The second kappa shape index (κ2) is 49.6. The second-order valence-corrected chi connectivity index (χ2v) is 36.9. The highest BCUT2D eigenvalue weighted by Crippen LogP contribution is 2.49. The van der Waals surface area contributed by atoms with Crippen LogP contribution in [0, 0.1) is 19.7 Å². The van der Waals surface area contributed by atoms with Gasteiger partial charge in [0.25, 0.3) is 17.7 Å². The van der Waals surface area contributed by atoms with E-state index in [4.69, 9.17) is 55.5 Å². The maximum Gasteiger partial charge on any atom is 0.410 e. The number of primary amides is 1. The van der Waals surface area contributed by atoms with E-state index in [2.05, 4.69) is 105 Å². The van der Waals surface area contributed by atoms with Gasteiger partial charge in [0.15, 0.2) is 34.5 Å². The molecule has 1 saturated carbocycles. The van der Waals surface area contributed by atoms with Crippen molar-refractivity contribution >= 4 is 90.4 Å². The number of aromatic amines is 2. The first-order valence-electron chi connectivity index (χ1n) is 47.1. The average molecular weight is 2120 g/mol. The van der Waals surface area contributed by atoms with E-state index in [1.54, 1.807) is 138 Å². The molecule has 0 spiro atoms. The SMILES string of the molecule is CC(NC(=O)C1(c2ccccc2)CCCC1)C1COc2ccccc2O1.COc1ccc(-c2cc(-c3ccc(C)cc3)n[nH]2)c(O)c1.COc1ccc(-c2cc(-c3ccc(OC)cc3O)[nH]n2)cc1.COc1ccc(C(=O)Nc2sc(-c3ccccc3)cc2C(N)=O)cc1.Cc1ccc(O)c(NC(=O)c2nn3c(c2Br)NC(c2ccco2)CC3C(F)(F)F)c1.Fc1ccc(CNC(=S)Nc2ccc(Oc3ccccc3)cc2)cc1. The number of hydrogen-bond donors (Lipinski definition) is 12. The summed E-state index contributed by atoms with van der Waals surface area (Å²) in [6.45, 7) is 6.79. The number of amides is 4. The number of thiophene rings is 1. The summed E-state index contributed by atoms with van der Waals surface area (Å²) >= 11 is 9.79. The van der Waals surface area contributed by atoms with Gasteiger partial charge in [-0.3, -0.25) is 29.4 Å². The Balaban J connectivity index is 0.000000134. The predicted molar refractivity (Wildman–Crippen MR) is 574 cm³/mol. The number of aromatic nitrogens is 6. The molecule has 13 N–H and O–H groups in total. The minimum absolute atomic E-state index is 0.0172. The van der Waals surface area contributed by atoms with Crippen LogP contribution >= 0.6 is 39.5 Å². The van der Waals surface area contributed by atoms with Crippen LogP contribution in [0.5, 0.6) is 63.2 Å². The van der Waals surface area contributed by atoms with Crippen LogP contribution in [0.25, 0.3) is 55.5 Å². The summed E-state index contributed by atoms with van der Waals surface area (Å²) in [6.07, 6.45) is 0.241. The van der Waals surface area contributed by atoms with E-state index in [0.29, 0.717) is 68.5 Å². The number of carbonyl (C=O) groups excluding carboxylic acids is 4. The summed E-state index contributed by atoms with van der Waals surface area (Å²) in [5, 5.41) is 67.1. The highest BCUT2D eigenvalue weighted by atomic mass is 79.9. The number of thiocarbonyl (C=S) groups is 1. The molecular weight excluding hydrogens is 2010 g/mol. The van der Waals surface area contributed by atoms with Crippen LogP contribution in [0.4, 0.5) is 39.8 Å². The lowest BCUT2D eigenvalue weighted by molar-refractivity contribution is -0.174. The lowest BCUT2D eigenvalue weighted by atomic mass is 9.78. The van der Waals surface area contributed by atoms with Crippen LogP contribution in [0.3, 0.4) is 0 Å². The summed E-state index contributed by atoms with van der Waals surface area (Å²) in [5.41, 5.74) is 18.1. The molecule has 20 rings (SSSR count). The molecule has 0 saturated heterocycles. The van der Waals surface area contributed by atoms with Gasteiger partial charge in [-0.05, 0) is 260 Å². The monoisotopic (exact) mass is 2120 g/mol. The quantitative estimate of drug-likeness (QED) is 0.0152. The van der Waals surface area contributed by atoms with Crippen molar-refractivity contribution in [2.75, 3.05) is 56.3 Å². The third-order valence-corrected chi connectivity index (χ3v) is 26.5. The number of nitrogens with zero attached hydrogens (tertiary/aromatic N) is 4. The summed E-state index contributed by atoms with van der Waals surface area (Å²) in [5.74, 6) is 4.44. The highest BCUT2D eigenvalue weighted by Gasteiger charge is 2.49. The Morgan fingerprint density at radius 3 is 1.70 bits per heavy atom. The van der Waals surface area contributed by atoms with E-state index < -0.39 is 35.5 Å². The number of hydrogen-bond acceptors (Lipinski definition) is 21. The molecule has 1 aliphatic carbocycles. The van der Waals surface area contributed by atoms with Crippen LogP contribution in [0.1, 0.15) is 110 Å². The summed E-state index contributed by atoms with van der Waals surface area (Å²) in [4.78, 5) is 51.0. The Kier molecular flexibility index (Phi) is 35.3. The fourth-order valence-electron chi connectivity index (χ4n) is 16.4. The molecule has 4 unspecified atom stereocenters. The van der Waals surface area contributed by atoms with Crippen molar-refractivity contribution in [1.82, 2.24) is 40.8 Å². The highest BCUT2D eigenvalue weighted by molar-refractivity contribution is 9.10. The standard InChI is InChI=1S/C22H25NO3.C20H17FN2OS.C19H16BrF3N4O3.C19H16N2O3S.C17H16N2O3.C17H16N2O2/c1-16(20-15-25-18-11-5-6-12-19(18)26-20)23-21(24)22(13-7-8-14-22)17-9-3-2-4-10-17;21-16-8-6-15(7-9-16)14-22-20(25)23-17-10-12-19(13-11-17)24-18-4-2-1-3-5-18;1-9-4-5-12(28)10(7-9)25-18(29)16-15(20)17-24-11(13-3-2-6-30-13)8-14(19(21,22)23)27(17)26-16;1-24-14-9-7-13(8-10-14)18(23)21-19-15(17(20)22)11-16(25-19)12-5-3-2-4-6-12;1-21-12-5-3-11(4-6-12)15-10-16(19-18-15)14-8-7-13(22-2)9-17(14)20;1-11-3-5-12(6-4-11)15-10-16(19-18-15)14-8-7-13(21-2)9-17(14)20/h2-6,9-12,16,20H,7-8,13-15H2,1H3,(H,23,24);1-13H,14H2,(H2,22,23,25);2-7,11,14,24,28H,8H2,1H3,(H,25,29);2-11H,1H3,(H2,20,22)(H,21,23);3-10,20H,1-2H3,(H,18,19);3-10,20H,1-2H3,(H,18,19). The van der Waals surface area contributed by atoms with Gasteiger partial charge in [0.1, 0.15) is 80.7 Å². The molecule has 12 aromatic carbocycles. The van der Waals surface area contributed by atoms with E-state index in [1.165, 1.54) is 41.4 Å². The number of furan rings is 1. The number of alkyl halides is 3. The molecule has 1 fully saturated rings. The Labute approximate surface area is 874 Å². The van der Waals surface area contributed by atoms with Gasteiger partial charge < -0.3 is 90.5 Å². The molecule has 2 aliphatic heterocycles. The van der Waals surface area contributed by atoms with Crippen LogP contribution in [-0.2, 0) is 16.8 Å². The number of H-pyrrole nitrogens is 2.